The van der Waals surface area contributed by atoms with Gasteiger partial charge in [-0.3, -0.25) is 14.1 Å². The van der Waals surface area contributed by atoms with Crippen LogP contribution in [0.3, 0.4) is 0 Å². The second kappa shape index (κ2) is 7.99. The molecule has 0 aliphatic carbocycles. The molecule has 4 rings (SSSR count). The predicted octanol–water partition coefficient (Wildman–Crippen LogP) is 2.37. The van der Waals surface area contributed by atoms with Gasteiger partial charge in [-0.1, -0.05) is 0 Å². The van der Waals surface area contributed by atoms with E-state index in [1.165, 1.54) is 4.90 Å². The predicted molar refractivity (Wildman–Crippen MR) is 112 cm³/mol. The van der Waals surface area contributed by atoms with E-state index < -0.39 is 44.7 Å². The Kier molecular flexibility index (Phi) is 5.47. The summed E-state index contributed by atoms with van der Waals surface area (Å²) < 4.78 is 59.7. The summed E-state index contributed by atoms with van der Waals surface area (Å²) in [4.78, 5) is 30.6. The highest BCUT2D eigenvalue weighted by Gasteiger charge is 2.55. The van der Waals surface area contributed by atoms with Crippen LogP contribution in [0.1, 0.15) is 12.0 Å². The Labute approximate surface area is 182 Å². The second-order valence-corrected chi connectivity index (χ2v) is 9.18. The van der Waals surface area contributed by atoms with Crippen LogP contribution >= 0.6 is 0 Å². The van der Waals surface area contributed by atoms with E-state index in [1.54, 1.807) is 30.5 Å². The number of hydrogen-bond acceptors (Lipinski definition) is 4. The summed E-state index contributed by atoms with van der Waals surface area (Å²) in [5, 5.41) is 3.21. The van der Waals surface area contributed by atoms with Crippen LogP contribution in [0.4, 0.5) is 14.5 Å². The van der Waals surface area contributed by atoms with Gasteiger partial charge in [-0.2, -0.15) is 8.42 Å². The summed E-state index contributed by atoms with van der Waals surface area (Å²) >= 11 is 0. The van der Waals surface area contributed by atoms with Gasteiger partial charge in [0, 0.05) is 41.9 Å². The highest BCUT2D eigenvalue weighted by atomic mass is 32.2. The zero-order chi connectivity index (χ0) is 23.1. The van der Waals surface area contributed by atoms with Crippen LogP contribution in [0.25, 0.3) is 10.9 Å². The van der Waals surface area contributed by atoms with Crippen LogP contribution in [-0.4, -0.2) is 42.1 Å². The molecule has 11 heteroatoms. The minimum atomic E-state index is -4.70. The molecule has 2 heterocycles. The minimum absolute atomic E-state index is 0.0479. The number of amides is 2. The molecule has 0 spiro atoms. The van der Waals surface area contributed by atoms with Crippen molar-refractivity contribution in [2.24, 2.45) is 5.41 Å². The Morgan fingerprint density at radius 1 is 1.16 bits per heavy atom. The summed E-state index contributed by atoms with van der Waals surface area (Å²) in [6.07, 6.45) is 1.56. The monoisotopic (exact) mass is 463 g/mol. The van der Waals surface area contributed by atoms with Crippen molar-refractivity contribution < 1.29 is 31.3 Å². The molecule has 1 saturated heterocycles. The zero-order valence-electron chi connectivity index (χ0n) is 16.6. The molecule has 0 unspecified atom stereocenters. The maximum Gasteiger partial charge on any atom is 0.266 e. The van der Waals surface area contributed by atoms with Crippen molar-refractivity contribution >= 4 is 38.5 Å². The molecule has 1 aliphatic rings. The Morgan fingerprint density at radius 2 is 1.88 bits per heavy atom. The first kappa shape index (κ1) is 21.9. The van der Waals surface area contributed by atoms with Crippen molar-refractivity contribution in [3.63, 3.8) is 0 Å². The van der Waals surface area contributed by atoms with E-state index in [0.29, 0.717) is 11.8 Å². The maximum absolute atomic E-state index is 13.4. The van der Waals surface area contributed by atoms with Crippen LogP contribution < -0.4 is 10.2 Å². The van der Waals surface area contributed by atoms with Crippen LogP contribution in [-0.2, 0) is 26.3 Å². The number of benzene rings is 2. The molecular formula is C21H19F2N3O5S. The average molecular weight is 463 g/mol. The SMILES string of the molecule is O=C(NCc1cc(F)cc(F)c1)[C@]1(CS(=O)(=O)O)CCN(c2ccc3[nH]ccc3c2)C1=O. The van der Waals surface area contributed by atoms with Crippen molar-refractivity contribution in [1.29, 1.82) is 0 Å². The van der Waals surface area contributed by atoms with Gasteiger partial charge in [0.25, 0.3) is 10.1 Å². The van der Waals surface area contributed by atoms with Crippen molar-refractivity contribution in [3.8, 4) is 0 Å². The van der Waals surface area contributed by atoms with Crippen molar-refractivity contribution in [3.05, 3.63) is 65.9 Å². The van der Waals surface area contributed by atoms with Gasteiger partial charge >= 0.3 is 0 Å². The summed E-state index contributed by atoms with van der Waals surface area (Å²) in [5.41, 5.74) is -0.672. The lowest BCUT2D eigenvalue weighted by atomic mass is 9.87. The Morgan fingerprint density at radius 3 is 2.56 bits per heavy atom. The fourth-order valence-electron chi connectivity index (χ4n) is 4.01. The molecule has 0 bridgehead atoms. The number of H-pyrrole nitrogens is 1. The first-order chi connectivity index (χ1) is 15.1. The number of anilines is 1. The van der Waals surface area contributed by atoms with Crippen molar-refractivity contribution in [2.75, 3.05) is 17.2 Å². The highest BCUT2D eigenvalue weighted by molar-refractivity contribution is 7.85. The molecule has 1 atom stereocenters. The van der Waals surface area contributed by atoms with Gasteiger partial charge in [0.15, 0.2) is 0 Å². The van der Waals surface area contributed by atoms with Gasteiger partial charge < -0.3 is 15.2 Å². The third-order valence-corrected chi connectivity index (χ3v) is 6.36. The normalized spacial score (nSPS) is 19.0. The largest absolute Gasteiger partial charge is 0.361 e. The first-order valence-corrected chi connectivity index (χ1v) is 11.3. The molecule has 3 aromatic rings. The van der Waals surface area contributed by atoms with Gasteiger partial charge in [-0.25, -0.2) is 8.78 Å². The van der Waals surface area contributed by atoms with E-state index in [9.17, 15) is 31.3 Å². The molecule has 2 aromatic carbocycles. The van der Waals surface area contributed by atoms with Crippen LogP contribution in [0.2, 0.25) is 0 Å². The fourth-order valence-corrected chi connectivity index (χ4v) is 5.03. The number of aromatic nitrogens is 1. The van der Waals surface area contributed by atoms with Crippen molar-refractivity contribution in [1.82, 2.24) is 10.3 Å². The summed E-state index contributed by atoms with van der Waals surface area (Å²) in [5.74, 6) is -4.52. The number of rotatable bonds is 6. The van der Waals surface area contributed by atoms with Crippen LogP contribution in [0.15, 0.2) is 48.7 Å². The smallest absolute Gasteiger partial charge is 0.266 e. The average Bonchev–Trinajstić information content (AvgIpc) is 3.29. The van der Waals surface area contributed by atoms with Gasteiger partial charge in [0.05, 0.1) is 5.75 Å². The van der Waals surface area contributed by atoms with E-state index in [4.69, 9.17) is 0 Å². The first-order valence-electron chi connectivity index (χ1n) is 9.65. The lowest BCUT2D eigenvalue weighted by Crippen LogP contribution is -2.50. The maximum atomic E-state index is 13.4. The Hall–Kier alpha value is -3.31. The van der Waals surface area contributed by atoms with E-state index in [-0.39, 0.29) is 25.1 Å². The quantitative estimate of drug-likeness (QED) is 0.383. The molecule has 2 amide bonds. The van der Waals surface area contributed by atoms with E-state index in [1.807, 2.05) is 0 Å². The number of halogens is 2. The molecule has 32 heavy (non-hydrogen) atoms. The number of nitrogens with zero attached hydrogens (tertiary/aromatic N) is 1. The number of carbonyl (C=O) groups is 2. The van der Waals surface area contributed by atoms with E-state index >= 15 is 0 Å². The Balaban J connectivity index is 1.62. The number of hydrogen-bond donors (Lipinski definition) is 3. The van der Waals surface area contributed by atoms with Crippen molar-refractivity contribution in [2.45, 2.75) is 13.0 Å². The number of carbonyl (C=O) groups excluding carboxylic acids is 2. The molecule has 0 saturated carbocycles. The summed E-state index contributed by atoms with van der Waals surface area (Å²) in [7, 11) is -4.70. The van der Waals surface area contributed by atoms with Gasteiger partial charge in [0.1, 0.15) is 17.0 Å². The fraction of sp³-hybridized carbons (Fsp3) is 0.238. The number of fused-ring (bicyclic) bond motifs is 1. The highest BCUT2D eigenvalue weighted by Crippen LogP contribution is 2.37. The van der Waals surface area contributed by atoms with Gasteiger partial charge in [-0.05, 0) is 48.4 Å². The van der Waals surface area contributed by atoms with Gasteiger partial charge in [0.2, 0.25) is 11.8 Å². The lowest BCUT2D eigenvalue weighted by molar-refractivity contribution is -0.138. The van der Waals surface area contributed by atoms with E-state index in [0.717, 1.165) is 23.0 Å². The Bertz CT molecular complexity index is 1300. The van der Waals surface area contributed by atoms with Crippen LogP contribution in [0.5, 0.6) is 0 Å². The van der Waals surface area contributed by atoms with Crippen LogP contribution in [0, 0.1) is 17.0 Å². The molecule has 1 aromatic heterocycles. The molecule has 8 nitrogen and oxygen atoms in total. The van der Waals surface area contributed by atoms with Gasteiger partial charge in [-0.15, -0.1) is 0 Å². The number of aromatic amines is 1. The molecule has 0 radical (unpaired) electrons. The number of nitrogens with one attached hydrogen (secondary N) is 2. The third-order valence-electron chi connectivity index (χ3n) is 5.50. The van der Waals surface area contributed by atoms with E-state index in [2.05, 4.69) is 10.3 Å². The summed E-state index contributed by atoms with van der Waals surface area (Å²) in [6, 6.07) is 9.62. The molecule has 3 N–H and O–H groups in total. The minimum Gasteiger partial charge on any atom is -0.361 e. The molecule has 1 fully saturated rings. The molecular weight excluding hydrogens is 444 g/mol. The second-order valence-electron chi connectivity index (χ2n) is 7.72. The molecule has 1 aliphatic heterocycles. The molecule has 168 valence electrons. The summed E-state index contributed by atoms with van der Waals surface area (Å²) in [6.45, 7) is -0.282. The third kappa shape index (κ3) is 4.21. The zero-order valence-corrected chi connectivity index (χ0v) is 17.5. The lowest BCUT2D eigenvalue weighted by Gasteiger charge is -2.26. The standard InChI is InChI=1S/C21H19F2N3O5S/c22-15-7-13(8-16(23)10-15)11-25-19(27)21(12-32(29,30)31)4-6-26(20(21)28)17-1-2-18-14(9-17)3-5-24-18/h1-3,5,7-10,24H,4,6,11-12H2,(H,25,27)(H,29,30,31)/t21-/m1/s1. The topological polar surface area (TPSA) is 120 Å².